The van der Waals surface area contributed by atoms with Gasteiger partial charge in [0.05, 0.1) is 11.3 Å². The number of anilines is 1. The van der Waals surface area contributed by atoms with Gasteiger partial charge in [-0.25, -0.2) is 15.0 Å². The zero-order valence-electron chi connectivity index (χ0n) is 25.8. The Hall–Kier alpha value is -4.08. The minimum Gasteiger partial charge on any atom is -0.424 e. The van der Waals surface area contributed by atoms with Crippen molar-refractivity contribution in [2.45, 2.75) is 65.6 Å². The van der Waals surface area contributed by atoms with Gasteiger partial charge >= 0.3 is 6.01 Å². The molecule has 10 heteroatoms. The van der Waals surface area contributed by atoms with E-state index in [1.807, 2.05) is 38.4 Å². The van der Waals surface area contributed by atoms with Crippen molar-refractivity contribution in [2.75, 3.05) is 24.5 Å². The molecule has 1 N–H and O–H groups in total. The van der Waals surface area contributed by atoms with Gasteiger partial charge in [-0.15, -0.1) is 0 Å². The lowest BCUT2D eigenvalue weighted by Gasteiger charge is -2.42. The number of rotatable bonds is 11. The van der Waals surface area contributed by atoms with Crippen LogP contribution in [0.3, 0.4) is 0 Å². The van der Waals surface area contributed by atoms with Crippen molar-refractivity contribution in [3.05, 3.63) is 100 Å². The van der Waals surface area contributed by atoms with E-state index in [9.17, 15) is 4.79 Å². The molecule has 1 saturated heterocycles. The number of nitrogens with zero attached hydrogens (tertiary/aromatic N) is 6. The summed E-state index contributed by atoms with van der Waals surface area (Å²) in [7, 11) is 0. The summed E-state index contributed by atoms with van der Waals surface area (Å²) in [6.07, 6.45) is 10.1. The minimum atomic E-state index is -0.0934. The molecule has 1 aromatic carbocycles. The van der Waals surface area contributed by atoms with Crippen LogP contribution < -0.4 is 15.0 Å². The highest BCUT2D eigenvalue weighted by molar-refractivity contribution is 6.29. The van der Waals surface area contributed by atoms with E-state index in [1.54, 1.807) is 24.5 Å². The first-order chi connectivity index (χ1) is 21.3. The second-order valence-corrected chi connectivity index (χ2v) is 11.8. The predicted octanol–water partition coefficient (Wildman–Crippen LogP) is 6.32. The number of halogens is 1. The summed E-state index contributed by atoms with van der Waals surface area (Å²) in [4.78, 5) is 34.9. The Morgan fingerprint density at radius 2 is 1.80 bits per heavy atom. The predicted molar refractivity (Wildman–Crippen MR) is 173 cm³/mol. The van der Waals surface area contributed by atoms with Gasteiger partial charge in [0.25, 0.3) is 5.91 Å². The molecule has 0 radical (unpaired) electrons. The van der Waals surface area contributed by atoms with Crippen LogP contribution >= 0.6 is 11.6 Å². The molecule has 4 aromatic rings. The fraction of sp³-hybridized carbons (Fsp3) is 0.382. The molecule has 0 bridgehead atoms. The Bertz CT molecular complexity index is 1520. The van der Waals surface area contributed by atoms with Crippen LogP contribution in [0.25, 0.3) is 0 Å². The first kappa shape index (κ1) is 31.3. The lowest BCUT2D eigenvalue weighted by molar-refractivity contribution is 0.0943. The second kappa shape index (κ2) is 14.6. The molecule has 1 atom stereocenters. The van der Waals surface area contributed by atoms with Gasteiger partial charge in [0.2, 0.25) is 0 Å². The number of nitrogens with one attached hydrogen (secondary N) is 1. The number of amides is 1. The monoisotopic (exact) mass is 613 g/mol. The first-order valence-corrected chi connectivity index (χ1v) is 15.5. The Balaban J connectivity index is 1.19. The normalized spacial score (nSPS) is 14.7. The smallest absolute Gasteiger partial charge is 0.321 e. The summed E-state index contributed by atoms with van der Waals surface area (Å²) < 4.78 is 5.83. The number of carbonyl (C=O) groups is 1. The van der Waals surface area contributed by atoms with Crippen molar-refractivity contribution in [3.8, 4) is 11.8 Å². The van der Waals surface area contributed by atoms with Gasteiger partial charge in [0.1, 0.15) is 10.9 Å². The Labute approximate surface area is 264 Å². The van der Waals surface area contributed by atoms with Crippen LogP contribution in [-0.4, -0.2) is 62.5 Å². The van der Waals surface area contributed by atoms with E-state index in [2.05, 4.69) is 67.1 Å². The number of piperidine rings is 1. The highest BCUT2D eigenvalue weighted by Gasteiger charge is 2.28. The third kappa shape index (κ3) is 7.89. The summed E-state index contributed by atoms with van der Waals surface area (Å²) in [6.45, 7) is 11.5. The molecule has 1 fully saturated rings. The van der Waals surface area contributed by atoms with Crippen molar-refractivity contribution in [1.29, 1.82) is 0 Å². The maximum atomic E-state index is 12.9. The van der Waals surface area contributed by atoms with Gasteiger partial charge in [-0.05, 0) is 106 Å². The van der Waals surface area contributed by atoms with Gasteiger partial charge in [-0.2, -0.15) is 0 Å². The van der Waals surface area contributed by atoms with Crippen LogP contribution in [0.4, 0.5) is 5.69 Å². The molecule has 3 aromatic heterocycles. The van der Waals surface area contributed by atoms with Crippen LogP contribution in [0, 0.1) is 20.8 Å². The SMILES string of the molecule is Cc1ccncc1CN(c1ccc(Oc2ncccn2)cc1)C1CCN(C(C)CCNC(=O)c2c(C)cc(Cl)nc2C)CC1. The lowest BCUT2D eigenvalue weighted by Crippen LogP contribution is -2.48. The van der Waals surface area contributed by atoms with Gasteiger partial charge in [0, 0.05) is 68.7 Å². The molecule has 1 unspecified atom stereocenters. The molecule has 0 saturated carbocycles. The summed E-state index contributed by atoms with van der Waals surface area (Å²) in [5.74, 6) is 0.606. The zero-order valence-corrected chi connectivity index (χ0v) is 26.6. The van der Waals surface area contributed by atoms with E-state index in [1.165, 1.54) is 11.1 Å². The third-order valence-electron chi connectivity index (χ3n) is 8.41. The Morgan fingerprint density at radius 1 is 1.07 bits per heavy atom. The van der Waals surface area contributed by atoms with Crippen LogP contribution in [0.15, 0.2) is 67.3 Å². The number of hydrogen-bond acceptors (Lipinski definition) is 8. The summed E-state index contributed by atoms with van der Waals surface area (Å²) in [5, 5.41) is 3.50. The fourth-order valence-electron chi connectivity index (χ4n) is 5.86. The molecule has 44 heavy (non-hydrogen) atoms. The number of likely N-dealkylation sites (tertiary alicyclic amines) is 1. The zero-order chi connectivity index (χ0) is 31.1. The number of aromatic nitrogens is 4. The van der Waals surface area contributed by atoms with Crippen molar-refractivity contribution >= 4 is 23.2 Å². The summed E-state index contributed by atoms with van der Waals surface area (Å²) in [6, 6.07) is 14.8. The number of aryl methyl sites for hydroxylation is 3. The quantitative estimate of drug-likeness (QED) is 0.196. The second-order valence-electron chi connectivity index (χ2n) is 11.4. The van der Waals surface area contributed by atoms with E-state index >= 15 is 0 Å². The standard InChI is InChI=1S/C34H40ClN7O2/c1-23-10-16-36-21-27(23)22-42(28-6-8-30(9-7-28)44-34-38-14-5-15-39-34)29-12-18-41(19-13-29)25(3)11-17-37-33(43)32-24(2)20-31(35)40-26(32)4/h5-10,14-16,20-21,25,29H,11-13,17-19,22H2,1-4H3,(H,37,43). The largest absolute Gasteiger partial charge is 0.424 e. The van der Waals surface area contributed by atoms with Gasteiger partial charge in [-0.3, -0.25) is 9.78 Å². The molecule has 0 aliphatic carbocycles. The van der Waals surface area contributed by atoms with E-state index in [0.717, 1.165) is 50.1 Å². The molecular weight excluding hydrogens is 574 g/mol. The average molecular weight is 614 g/mol. The molecule has 0 spiro atoms. The number of hydrogen-bond donors (Lipinski definition) is 1. The molecule has 4 heterocycles. The van der Waals surface area contributed by atoms with Crippen molar-refractivity contribution in [1.82, 2.24) is 30.2 Å². The topological polar surface area (TPSA) is 96.4 Å². The van der Waals surface area contributed by atoms with E-state index in [0.29, 0.717) is 46.8 Å². The highest BCUT2D eigenvalue weighted by atomic mass is 35.5. The maximum Gasteiger partial charge on any atom is 0.321 e. The molecule has 1 aliphatic rings. The van der Waals surface area contributed by atoms with Crippen molar-refractivity contribution in [2.24, 2.45) is 0 Å². The Morgan fingerprint density at radius 3 is 2.48 bits per heavy atom. The summed E-state index contributed by atoms with van der Waals surface area (Å²) >= 11 is 6.04. The number of pyridine rings is 2. The molecule has 1 amide bonds. The lowest BCUT2D eigenvalue weighted by atomic mass is 9.99. The molecule has 5 rings (SSSR count). The maximum absolute atomic E-state index is 12.9. The number of ether oxygens (including phenoxy) is 1. The Kier molecular flexibility index (Phi) is 10.4. The third-order valence-corrected chi connectivity index (χ3v) is 8.61. The van der Waals surface area contributed by atoms with Crippen molar-refractivity contribution < 1.29 is 9.53 Å². The van der Waals surface area contributed by atoms with Crippen LogP contribution in [0.2, 0.25) is 5.15 Å². The van der Waals surface area contributed by atoms with E-state index in [4.69, 9.17) is 16.3 Å². The van der Waals surface area contributed by atoms with Crippen LogP contribution in [0.1, 0.15) is 58.9 Å². The van der Waals surface area contributed by atoms with Gasteiger partial charge in [0.15, 0.2) is 0 Å². The van der Waals surface area contributed by atoms with Gasteiger partial charge in [-0.1, -0.05) is 11.6 Å². The summed E-state index contributed by atoms with van der Waals surface area (Å²) in [5.41, 5.74) is 5.71. The molecule has 9 nitrogen and oxygen atoms in total. The fourth-order valence-corrected chi connectivity index (χ4v) is 6.15. The average Bonchev–Trinajstić information content (AvgIpc) is 3.01. The number of benzene rings is 1. The van der Waals surface area contributed by atoms with E-state index in [-0.39, 0.29) is 5.91 Å². The van der Waals surface area contributed by atoms with Crippen LogP contribution in [-0.2, 0) is 6.54 Å². The minimum absolute atomic E-state index is 0.0934. The number of carbonyl (C=O) groups excluding carboxylic acids is 1. The molecule has 1 aliphatic heterocycles. The van der Waals surface area contributed by atoms with E-state index < -0.39 is 0 Å². The molecular formula is C34H40ClN7O2. The van der Waals surface area contributed by atoms with Crippen LogP contribution in [0.5, 0.6) is 11.8 Å². The van der Waals surface area contributed by atoms with Gasteiger partial charge < -0.3 is 19.9 Å². The molecule has 230 valence electrons. The highest BCUT2D eigenvalue weighted by Crippen LogP contribution is 2.30. The van der Waals surface area contributed by atoms with Crippen molar-refractivity contribution in [3.63, 3.8) is 0 Å². The first-order valence-electron chi connectivity index (χ1n) is 15.2.